The molecule has 1 aromatic rings. The predicted octanol–water partition coefficient (Wildman–Crippen LogP) is 1.63. The van der Waals surface area contributed by atoms with E-state index in [1.54, 1.807) is 6.07 Å². The number of likely N-dealkylation sites (tertiary alicyclic amines) is 2. The lowest BCUT2D eigenvalue weighted by molar-refractivity contribution is 0.0780. The fourth-order valence-electron chi connectivity index (χ4n) is 3.12. The van der Waals surface area contributed by atoms with Gasteiger partial charge in [0, 0.05) is 19.1 Å². The van der Waals surface area contributed by atoms with E-state index in [1.807, 2.05) is 4.90 Å². The molecule has 1 amide bonds. The van der Waals surface area contributed by atoms with Gasteiger partial charge in [0.05, 0.1) is 17.4 Å². The minimum Gasteiger partial charge on any atom is -0.397 e. The highest BCUT2D eigenvalue weighted by atomic mass is 35.5. The van der Waals surface area contributed by atoms with Crippen LogP contribution in [-0.4, -0.2) is 52.9 Å². The van der Waals surface area contributed by atoms with Crippen molar-refractivity contribution >= 4 is 23.2 Å². The minimum atomic E-state index is -0.0588. The molecule has 5 nitrogen and oxygen atoms in total. The number of aromatic nitrogens is 1. The molecule has 0 radical (unpaired) electrons. The number of carbonyl (C=O) groups excluding carboxylic acids is 1. The Kier molecular flexibility index (Phi) is 3.81. The maximum absolute atomic E-state index is 12.5. The zero-order valence-corrected chi connectivity index (χ0v) is 12.1. The highest BCUT2D eigenvalue weighted by molar-refractivity contribution is 6.32. The summed E-state index contributed by atoms with van der Waals surface area (Å²) in [6.07, 6.45) is 5.06. The molecule has 0 spiro atoms. The normalized spacial score (nSPS) is 23.4. The number of nitrogens with two attached hydrogens (primary N) is 1. The number of rotatable bonds is 2. The molecular formula is C14H19ClN4O. The fourth-order valence-corrected chi connectivity index (χ4v) is 3.30. The molecule has 1 unspecified atom stereocenters. The van der Waals surface area contributed by atoms with Gasteiger partial charge in [0.1, 0.15) is 5.15 Å². The van der Waals surface area contributed by atoms with Crippen molar-refractivity contribution in [3.8, 4) is 0 Å². The second-order valence-corrected chi connectivity index (χ2v) is 5.90. The van der Waals surface area contributed by atoms with Gasteiger partial charge in [-0.15, -0.1) is 0 Å². The Morgan fingerprint density at radius 2 is 2.10 bits per heavy atom. The predicted molar refractivity (Wildman–Crippen MR) is 78.8 cm³/mol. The van der Waals surface area contributed by atoms with Crippen LogP contribution in [0.15, 0.2) is 12.3 Å². The Hall–Kier alpha value is -1.33. The number of anilines is 1. The SMILES string of the molecule is Nc1cnc(Cl)c(C(=O)N2CCC(N3CCCC3)C2)c1. The third kappa shape index (κ3) is 2.60. The van der Waals surface area contributed by atoms with Crippen LogP contribution >= 0.6 is 11.6 Å². The molecule has 0 bridgehead atoms. The number of pyridine rings is 1. The van der Waals surface area contributed by atoms with E-state index in [9.17, 15) is 4.79 Å². The lowest BCUT2D eigenvalue weighted by atomic mass is 10.2. The van der Waals surface area contributed by atoms with Crippen molar-refractivity contribution in [1.29, 1.82) is 0 Å². The molecule has 6 heteroatoms. The van der Waals surface area contributed by atoms with Gasteiger partial charge in [-0.3, -0.25) is 9.69 Å². The molecule has 0 aliphatic carbocycles. The number of carbonyl (C=O) groups is 1. The van der Waals surface area contributed by atoms with E-state index in [2.05, 4.69) is 9.88 Å². The Balaban J connectivity index is 1.70. The van der Waals surface area contributed by atoms with E-state index in [-0.39, 0.29) is 11.1 Å². The van der Waals surface area contributed by atoms with E-state index in [0.29, 0.717) is 17.3 Å². The molecule has 2 saturated heterocycles. The Morgan fingerprint density at radius 1 is 1.35 bits per heavy atom. The maximum atomic E-state index is 12.5. The molecule has 0 saturated carbocycles. The molecule has 2 fully saturated rings. The number of nitrogen functional groups attached to an aromatic ring is 1. The Morgan fingerprint density at radius 3 is 2.85 bits per heavy atom. The molecule has 1 aromatic heterocycles. The first-order chi connectivity index (χ1) is 9.65. The molecule has 2 aliphatic heterocycles. The van der Waals surface area contributed by atoms with Crippen LogP contribution < -0.4 is 5.73 Å². The van der Waals surface area contributed by atoms with Gasteiger partial charge in [-0.25, -0.2) is 4.98 Å². The second-order valence-electron chi connectivity index (χ2n) is 5.54. The first-order valence-corrected chi connectivity index (χ1v) is 7.47. The molecule has 20 heavy (non-hydrogen) atoms. The number of hydrogen-bond donors (Lipinski definition) is 1. The van der Waals surface area contributed by atoms with Crippen LogP contribution in [-0.2, 0) is 0 Å². The summed E-state index contributed by atoms with van der Waals surface area (Å²) in [6.45, 7) is 3.88. The van der Waals surface area contributed by atoms with Crippen molar-refractivity contribution in [2.75, 3.05) is 31.9 Å². The van der Waals surface area contributed by atoms with Gasteiger partial charge in [-0.1, -0.05) is 11.6 Å². The summed E-state index contributed by atoms with van der Waals surface area (Å²) in [7, 11) is 0. The van der Waals surface area contributed by atoms with Crippen LogP contribution in [0.25, 0.3) is 0 Å². The number of halogens is 1. The van der Waals surface area contributed by atoms with Crippen LogP contribution in [0.5, 0.6) is 0 Å². The summed E-state index contributed by atoms with van der Waals surface area (Å²) in [4.78, 5) is 20.8. The third-order valence-corrected chi connectivity index (χ3v) is 4.50. The fraction of sp³-hybridized carbons (Fsp3) is 0.571. The highest BCUT2D eigenvalue weighted by Gasteiger charge is 2.32. The average molecular weight is 295 g/mol. The summed E-state index contributed by atoms with van der Waals surface area (Å²) in [5, 5.41) is 0.230. The first kappa shape index (κ1) is 13.6. The van der Waals surface area contributed by atoms with E-state index < -0.39 is 0 Å². The first-order valence-electron chi connectivity index (χ1n) is 7.09. The molecule has 3 rings (SSSR count). The van der Waals surface area contributed by atoms with Crippen LogP contribution in [0.3, 0.4) is 0 Å². The van der Waals surface area contributed by atoms with Crippen molar-refractivity contribution in [2.45, 2.75) is 25.3 Å². The van der Waals surface area contributed by atoms with E-state index >= 15 is 0 Å². The van der Waals surface area contributed by atoms with Crippen molar-refractivity contribution in [1.82, 2.24) is 14.8 Å². The van der Waals surface area contributed by atoms with Gasteiger partial charge in [0.25, 0.3) is 5.91 Å². The number of hydrogen-bond acceptors (Lipinski definition) is 4. The van der Waals surface area contributed by atoms with Crippen molar-refractivity contribution in [2.24, 2.45) is 0 Å². The summed E-state index contributed by atoms with van der Waals surface area (Å²) in [5.74, 6) is -0.0588. The molecule has 2 N–H and O–H groups in total. The van der Waals surface area contributed by atoms with Crippen molar-refractivity contribution in [3.05, 3.63) is 23.0 Å². The van der Waals surface area contributed by atoms with E-state index in [1.165, 1.54) is 19.0 Å². The van der Waals surface area contributed by atoms with Gasteiger partial charge < -0.3 is 10.6 Å². The minimum absolute atomic E-state index is 0.0588. The van der Waals surface area contributed by atoms with Crippen LogP contribution in [0.2, 0.25) is 5.15 Å². The van der Waals surface area contributed by atoms with Gasteiger partial charge in [-0.2, -0.15) is 0 Å². The van der Waals surface area contributed by atoms with Crippen LogP contribution in [0.1, 0.15) is 29.6 Å². The largest absolute Gasteiger partial charge is 0.397 e. The average Bonchev–Trinajstić information content (AvgIpc) is 3.10. The number of nitrogens with zero attached hydrogens (tertiary/aromatic N) is 3. The smallest absolute Gasteiger partial charge is 0.257 e. The molecule has 2 aliphatic rings. The lowest BCUT2D eigenvalue weighted by Crippen LogP contribution is -2.37. The quantitative estimate of drug-likeness (QED) is 0.842. The van der Waals surface area contributed by atoms with Gasteiger partial charge in [0.15, 0.2) is 0 Å². The van der Waals surface area contributed by atoms with Crippen molar-refractivity contribution < 1.29 is 4.79 Å². The van der Waals surface area contributed by atoms with E-state index in [0.717, 1.165) is 32.6 Å². The molecule has 108 valence electrons. The molecule has 1 atom stereocenters. The second kappa shape index (κ2) is 5.58. The van der Waals surface area contributed by atoms with E-state index in [4.69, 9.17) is 17.3 Å². The van der Waals surface area contributed by atoms with Gasteiger partial charge in [0.2, 0.25) is 0 Å². The summed E-state index contributed by atoms with van der Waals surface area (Å²) in [5.41, 5.74) is 6.57. The zero-order chi connectivity index (χ0) is 14.1. The standard InChI is InChI=1S/C14H19ClN4O/c15-13-12(7-10(16)8-17-13)14(20)19-6-3-11(9-19)18-4-1-2-5-18/h7-8,11H,1-6,9,16H2. The molecule has 3 heterocycles. The van der Waals surface area contributed by atoms with Gasteiger partial charge in [-0.05, 0) is 38.4 Å². The maximum Gasteiger partial charge on any atom is 0.257 e. The zero-order valence-electron chi connectivity index (χ0n) is 11.4. The summed E-state index contributed by atoms with van der Waals surface area (Å²) in [6, 6.07) is 2.11. The highest BCUT2D eigenvalue weighted by Crippen LogP contribution is 2.24. The third-order valence-electron chi connectivity index (χ3n) is 4.20. The molecular weight excluding hydrogens is 276 g/mol. The Bertz CT molecular complexity index is 516. The topological polar surface area (TPSA) is 62.5 Å². The van der Waals surface area contributed by atoms with Crippen LogP contribution in [0, 0.1) is 0 Å². The monoisotopic (exact) mass is 294 g/mol. The summed E-state index contributed by atoms with van der Waals surface area (Å²) < 4.78 is 0. The summed E-state index contributed by atoms with van der Waals surface area (Å²) >= 11 is 6.01. The lowest BCUT2D eigenvalue weighted by Gasteiger charge is -2.23. The number of amides is 1. The Labute approximate surface area is 123 Å². The van der Waals surface area contributed by atoms with Crippen LogP contribution in [0.4, 0.5) is 5.69 Å². The van der Waals surface area contributed by atoms with Gasteiger partial charge >= 0.3 is 0 Å². The molecule has 0 aromatic carbocycles. The van der Waals surface area contributed by atoms with Crippen molar-refractivity contribution in [3.63, 3.8) is 0 Å².